The smallest absolute Gasteiger partial charge is 0.412 e. The number of likely N-dealkylation sites (tertiary alicyclic amines) is 1. The van der Waals surface area contributed by atoms with Gasteiger partial charge in [-0.3, -0.25) is 9.69 Å². The van der Waals surface area contributed by atoms with Crippen LogP contribution in [0.15, 0.2) is 72.8 Å². The molecule has 0 radical (unpaired) electrons. The van der Waals surface area contributed by atoms with Crippen molar-refractivity contribution in [2.45, 2.75) is 31.9 Å². The first-order valence-corrected chi connectivity index (χ1v) is 13.0. The zero-order chi connectivity index (χ0) is 25.8. The quantitative estimate of drug-likeness (QED) is 0.500. The molecule has 0 spiro atoms. The molecule has 5 rings (SSSR count). The van der Waals surface area contributed by atoms with Gasteiger partial charge in [0.15, 0.2) is 0 Å². The number of benzene rings is 3. The van der Waals surface area contributed by atoms with Crippen molar-refractivity contribution in [3.8, 4) is 11.1 Å². The van der Waals surface area contributed by atoms with Gasteiger partial charge in [0.25, 0.3) is 5.91 Å². The molecule has 2 aliphatic rings. The van der Waals surface area contributed by atoms with Gasteiger partial charge in [-0.15, -0.1) is 0 Å². The fourth-order valence-electron chi connectivity index (χ4n) is 5.54. The van der Waals surface area contributed by atoms with E-state index in [0.29, 0.717) is 18.7 Å². The molecule has 2 N–H and O–H groups in total. The van der Waals surface area contributed by atoms with Gasteiger partial charge in [-0.2, -0.15) is 0 Å². The Bertz CT molecular complexity index is 1250. The summed E-state index contributed by atoms with van der Waals surface area (Å²) in [6, 6.07) is 23.1. The van der Waals surface area contributed by atoms with E-state index in [1.807, 2.05) is 77.7 Å². The number of hydrogen-bond acceptors (Lipinski definition) is 4. The minimum atomic E-state index is -0.929. The summed E-state index contributed by atoms with van der Waals surface area (Å²) >= 11 is 0. The Balaban J connectivity index is 1.22. The van der Waals surface area contributed by atoms with Crippen LogP contribution < -0.4 is 4.90 Å². The lowest BCUT2D eigenvalue weighted by Gasteiger charge is -2.39. The predicted molar refractivity (Wildman–Crippen MR) is 144 cm³/mol. The number of carboxylic acid groups (broad SMARTS) is 1. The maximum Gasteiger partial charge on any atom is 0.412 e. The minimum Gasteiger partial charge on any atom is -0.465 e. The summed E-state index contributed by atoms with van der Waals surface area (Å²) in [6.07, 6.45) is 1.38. The largest absolute Gasteiger partial charge is 0.465 e. The Labute approximate surface area is 217 Å². The molecule has 2 amide bonds. The van der Waals surface area contributed by atoms with Gasteiger partial charge in [-0.05, 0) is 48.1 Å². The highest BCUT2D eigenvalue weighted by molar-refractivity contribution is 5.97. The van der Waals surface area contributed by atoms with E-state index in [0.717, 1.165) is 66.8 Å². The summed E-state index contributed by atoms with van der Waals surface area (Å²) in [5, 5.41) is 19.6. The van der Waals surface area contributed by atoms with Crippen molar-refractivity contribution in [2.24, 2.45) is 0 Å². The molecule has 0 bridgehead atoms. The van der Waals surface area contributed by atoms with E-state index >= 15 is 0 Å². The molecule has 0 atom stereocenters. The normalized spacial score (nSPS) is 16.5. The van der Waals surface area contributed by atoms with Crippen LogP contribution in [0.4, 0.5) is 10.5 Å². The second kappa shape index (κ2) is 11.2. The van der Waals surface area contributed by atoms with Gasteiger partial charge in [0.05, 0.1) is 12.3 Å². The molecule has 0 aliphatic carbocycles. The van der Waals surface area contributed by atoms with Crippen molar-refractivity contribution < 1.29 is 19.8 Å². The summed E-state index contributed by atoms with van der Waals surface area (Å²) in [5.41, 5.74) is 5.14. The monoisotopic (exact) mass is 499 g/mol. The Morgan fingerprint density at radius 1 is 0.892 bits per heavy atom. The van der Waals surface area contributed by atoms with Crippen molar-refractivity contribution in [3.63, 3.8) is 0 Å². The van der Waals surface area contributed by atoms with Crippen LogP contribution in [0.2, 0.25) is 0 Å². The van der Waals surface area contributed by atoms with E-state index < -0.39 is 6.09 Å². The van der Waals surface area contributed by atoms with Crippen LogP contribution in [0.3, 0.4) is 0 Å². The molecule has 37 heavy (non-hydrogen) atoms. The van der Waals surface area contributed by atoms with Gasteiger partial charge < -0.3 is 20.0 Å². The Hall–Kier alpha value is -3.68. The molecule has 2 aliphatic heterocycles. The van der Waals surface area contributed by atoms with Crippen LogP contribution >= 0.6 is 0 Å². The van der Waals surface area contributed by atoms with Crippen LogP contribution in [-0.4, -0.2) is 70.8 Å². The first-order chi connectivity index (χ1) is 18.0. The van der Waals surface area contributed by atoms with Gasteiger partial charge in [-0.1, -0.05) is 60.7 Å². The van der Waals surface area contributed by atoms with E-state index in [-0.39, 0.29) is 18.6 Å². The van der Waals surface area contributed by atoms with Crippen molar-refractivity contribution in [3.05, 3.63) is 89.5 Å². The van der Waals surface area contributed by atoms with Crippen LogP contribution in [0, 0.1) is 0 Å². The summed E-state index contributed by atoms with van der Waals surface area (Å²) in [5.74, 6) is 0.0287. The molecular formula is C30H33N3O4. The molecule has 0 saturated carbocycles. The number of carbonyl (C=O) groups is 2. The number of rotatable bonds is 7. The Kier molecular flexibility index (Phi) is 7.53. The fourth-order valence-corrected chi connectivity index (χ4v) is 5.54. The van der Waals surface area contributed by atoms with Crippen LogP contribution in [-0.2, 0) is 13.0 Å². The van der Waals surface area contributed by atoms with Crippen molar-refractivity contribution >= 4 is 17.7 Å². The number of amides is 2. The summed E-state index contributed by atoms with van der Waals surface area (Å²) in [6.45, 7) is 3.61. The fraction of sp³-hybridized carbons (Fsp3) is 0.333. The maximum atomic E-state index is 13.0. The third kappa shape index (κ3) is 5.38. The molecule has 2 heterocycles. The summed E-state index contributed by atoms with van der Waals surface area (Å²) < 4.78 is 0. The molecule has 7 nitrogen and oxygen atoms in total. The first-order valence-electron chi connectivity index (χ1n) is 13.0. The van der Waals surface area contributed by atoms with Gasteiger partial charge in [0, 0.05) is 49.9 Å². The van der Waals surface area contributed by atoms with Crippen LogP contribution in [0.25, 0.3) is 11.1 Å². The lowest BCUT2D eigenvalue weighted by Crippen LogP contribution is -2.49. The second-order valence-electron chi connectivity index (χ2n) is 9.80. The third-order valence-corrected chi connectivity index (χ3v) is 7.59. The van der Waals surface area contributed by atoms with Gasteiger partial charge in [0.2, 0.25) is 0 Å². The molecule has 7 heteroatoms. The number of fused-ring (bicyclic) bond motifs is 1. The highest BCUT2D eigenvalue weighted by atomic mass is 16.4. The molecule has 0 aromatic heterocycles. The Morgan fingerprint density at radius 2 is 1.62 bits per heavy atom. The maximum absolute atomic E-state index is 13.0. The number of nitrogens with zero attached hydrogens (tertiary/aromatic N) is 3. The van der Waals surface area contributed by atoms with E-state index in [1.54, 1.807) is 4.90 Å². The molecule has 0 unspecified atom stereocenters. The Morgan fingerprint density at radius 3 is 2.35 bits per heavy atom. The van der Waals surface area contributed by atoms with Gasteiger partial charge >= 0.3 is 6.09 Å². The zero-order valence-corrected chi connectivity index (χ0v) is 20.9. The third-order valence-electron chi connectivity index (χ3n) is 7.59. The lowest BCUT2D eigenvalue weighted by molar-refractivity contribution is 0.0709. The molecule has 3 aromatic carbocycles. The highest BCUT2D eigenvalue weighted by Crippen LogP contribution is 2.34. The van der Waals surface area contributed by atoms with E-state index in [2.05, 4.69) is 4.90 Å². The van der Waals surface area contributed by atoms with Gasteiger partial charge in [-0.25, -0.2) is 4.79 Å². The van der Waals surface area contributed by atoms with Crippen molar-refractivity contribution in [1.29, 1.82) is 0 Å². The molecule has 3 aromatic rings. The van der Waals surface area contributed by atoms with Crippen LogP contribution in [0.5, 0.6) is 0 Å². The molecule has 1 saturated heterocycles. The number of aliphatic hydroxyl groups is 1. The number of aliphatic hydroxyl groups excluding tert-OH is 1. The summed E-state index contributed by atoms with van der Waals surface area (Å²) in [4.78, 5) is 31.2. The first kappa shape index (κ1) is 25.0. The number of hydrogen-bond donors (Lipinski definition) is 2. The van der Waals surface area contributed by atoms with Gasteiger partial charge in [0.1, 0.15) is 0 Å². The van der Waals surface area contributed by atoms with Crippen LogP contribution in [0.1, 0.15) is 34.3 Å². The molecule has 192 valence electrons. The SMILES string of the molecule is O=C1c2cc(CO)ccc2CCN1CCN1CCC(N(C(=O)O)c2ccccc2-c2ccccc2)CC1. The molecule has 1 fully saturated rings. The molecular weight excluding hydrogens is 466 g/mol. The number of piperidine rings is 1. The number of anilines is 1. The van der Waals surface area contributed by atoms with E-state index in [4.69, 9.17) is 0 Å². The average molecular weight is 500 g/mol. The average Bonchev–Trinajstić information content (AvgIpc) is 2.94. The minimum absolute atomic E-state index is 0.0287. The van der Waals surface area contributed by atoms with E-state index in [1.165, 1.54) is 0 Å². The topological polar surface area (TPSA) is 84.3 Å². The highest BCUT2D eigenvalue weighted by Gasteiger charge is 2.31. The number of para-hydroxylation sites is 1. The van der Waals surface area contributed by atoms with Crippen molar-refractivity contribution in [1.82, 2.24) is 9.80 Å². The number of carbonyl (C=O) groups excluding carboxylic acids is 1. The summed E-state index contributed by atoms with van der Waals surface area (Å²) in [7, 11) is 0. The zero-order valence-electron chi connectivity index (χ0n) is 20.9. The standard InChI is InChI=1S/C30H33N3O4/c34-21-22-10-11-24-12-17-32(29(35)27(24)20-22)19-18-31-15-13-25(14-16-31)33(30(36)37)28-9-5-4-8-26(28)23-6-2-1-3-7-23/h1-11,20,25,34H,12-19,21H2,(H,36,37). The predicted octanol–water partition coefficient (Wildman–Crippen LogP) is 4.49. The van der Waals surface area contributed by atoms with E-state index in [9.17, 15) is 19.8 Å². The second-order valence-corrected chi connectivity index (χ2v) is 9.80. The van der Waals surface area contributed by atoms with Crippen molar-refractivity contribution in [2.75, 3.05) is 37.6 Å². The lowest BCUT2D eigenvalue weighted by atomic mass is 9.96.